The molecule has 1 rings (SSSR count). The summed E-state index contributed by atoms with van der Waals surface area (Å²) in [5.74, 6) is 1.18. The predicted octanol–water partition coefficient (Wildman–Crippen LogP) is 1.83. The van der Waals surface area contributed by atoms with Gasteiger partial charge in [0.05, 0.1) is 7.11 Å². The Morgan fingerprint density at radius 1 is 1.44 bits per heavy atom. The third-order valence-corrected chi connectivity index (χ3v) is 2.25. The van der Waals surface area contributed by atoms with Crippen molar-refractivity contribution in [2.45, 2.75) is 26.0 Å². The van der Waals surface area contributed by atoms with Crippen molar-refractivity contribution in [3.63, 3.8) is 0 Å². The van der Waals surface area contributed by atoms with Crippen LogP contribution in [0.4, 0.5) is 0 Å². The Bertz CT molecular complexity index is 385. The second-order valence-corrected chi connectivity index (χ2v) is 3.33. The van der Waals surface area contributed by atoms with Crippen molar-refractivity contribution in [2.24, 2.45) is 5.73 Å². The SMILES string of the molecule is CCC(C#N)Oc1ccc(CN)cc1OC. The van der Waals surface area contributed by atoms with E-state index in [0.29, 0.717) is 24.5 Å². The van der Waals surface area contributed by atoms with Crippen LogP contribution in [-0.4, -0.2) is 13.2 Å². The topological polar surface area (TPSA) is 68.3 Å². The third-order valence-electron chi connectivity index (χ3n) is 2.25. The molecule has 0 heterocycles. The molecule has 0 saturated carbocycles. The van der Waals surface area contributed by atoms with E-state index >= 15 is 0 Å². The molecule has 2 N–H and O–H groups in total. The van der Waals surface area contributed by atoms with Crippen LogP contribution in [0.2, 0.25) is 0 Å². The van der Waals surface area contributed by atoms with Gasteiger partial charge in [-0.25, -0.2) is 0 Å². The fourth-order valence-electron chi connectivity index (χ4n) is 1.29. The molecule has 1 unspecified atom stereocenters. The lowest BCUT2D eigenvalue weighted by atomic mass is 10.2. The fraction of sp³-hybridized carbons (Fsp3) is 0.417. The first-order valence-electron chi connectivity index (χ1n) is 5.18. The molecule has 4 heteroatoms. The van der Waals surface area contributed by atoms with Gasteiger partial charge in [-0.2, -0.15) is 5.26 Å². The molecule has 1 aromatic carbocycles. The average Bonchev–Trinajstić information content (AvgIpc) is 2.35. The van der Waals surface area contributed by atoms with E-state index in [9.17, 15) is 0 Å². The van der Waals surface area contributed by atoms with Crippen molar-refractivity contribution in [3.8, 4) is 17.6 Å². The molecule has 0 aliphatic heterocycles. The van der Waals surface area contributed by atoms with Crippen LogP contribution in [0.15, 0.2) is 18.2 Å². The molecule has 0 amide bonds. The standard InChI is InChI=1S/C12H16N2O2/c1-3-10(8-14)16-11-5-4-9(7-13)6-12(11)15-2/h4-6,10H,3,7,13H2,1-2H3. The number of rotatable bonds is 5. The van der Waals surface area contributed by atoms with Gasteiger partial charge >= 0.3 is 0 Å². The molecule has 1 atom stereocenters. The minimum atomic E-state index is -0.447. The van der Waals surface area contributed by atoms with E-state index in [0.717, 1.165) is 5.56 Å². The van der Waals surface area contributed by atoms with E-state index in [4.69, 9.17) is 20.5 Å². The van der Waals surface area contributed by atoms with Gasteiger partial charge in [-0.1, -0.05) is 13.0 Å². The molecule has 0 radical (unpaired) electrons. The van der Waals surface area contributed by atoms with Gasteiger partial charge < -0.3 is 15.2 Å². The lowest BCUT2D eigenvalue weighted by Crippen LogP contribution is -2.13. The summed E-state index contributed by atoms with van der Waals surface area (Å²) in [6.07, 6.45) is 0.191. The predicted molar refractivity (Wildman–Crippen MR) is 61.2 cm³/mol. The van der Waals surface area contributed by atoms with Gasteiger partial charge in [-0.05, 0) is 24.1 Å². The highest BCUT2D eigenvalue weighted by molar-refractivity contribution is 5.43. The molecule has 0 saturated heterocycles. The maximum absolute atomic E-state index is 8.82. The van der Waals surface area contributed by atoms with Gasteiger partial charge in [0.2, 0.25) is 0 Å². The van der Waals surface area contributed by atoms with Crippen molar-refractivity contribution >= 4 is 0 Å². The van der Waals surface area contributed by atoms with Crippen molar-refractivity contribution < 1.29 is 9.47 Å². The lowest BCUT2D eigenvalue weighted by Gasteiger charge is -2.14. The maximum Gasteiger partial charge on any atom is 0.184 e. The van der Waals surface area contributed by atoms with Gasteiger partial charge in [0, 0.05) is 6.54 Å². The molecule has 1 aromatic rings. The fourth-order valence-corrected chi connectivity index (χ4v) is 1.29. The normalized spacial score (nSPS) is 11.6. The second-order valence-electron chi connectivity index (χ2n) is 3.33. The van der Waals surface area contributed by atoms with Crippen LogP contribution in [0.25, 0.3) is 0 Å². The van der Waals surface area contributed by atoms with Crippen LogP contribution in [0.1, 0.15) is 18.9 Å². The largest absolute Gasteiger partial charge is 0.493 e. The molecule has 16 heavy (non-hydrogen) atoms. The Morgan fingerprint density at radius 3 is 2.69 bits per heavy atom. The number of hydrogen-bond donors (Lipinski definition) is 1. The van der Waals surface area contributed by atoms with Crippen molar-refractivity contribution in [2.75, 3.05) is 7.11 Å². The van der Waals surface area contributed by atoms with Crippen LogP contribution in [0, 0.1) is 11.3 Å². The molecular weight excluding hydrogens is 204 g/mol. The smallest absolute Gasteiger partial charge is 0.184 e. The lowest BCUT2D eigenvalue weighted by molar-refractivity contribution is 0.239. The number of methoxy groups -OCH3 is 1. The summed E-state index contributed by atoms with van der Waals surface area (Å²) in [5, 5.41) is 8.82. The van der Waals surface area contributed by atoms with Gasteiger partial charge in [0.1, 0.15) is 6.07 Å². The minimum absolute atomic E-state index is 0.447. The summed E-state index contributed by atoms with van der Waals surface area (Å²) in [5.41, 5.74) is 6.50. The molecule has 86 valence electrons. The third kappa shape index (κ3) is 2.88. The number of hydrogen-bond acceptors (Lipinski definition) is 4. The number of nitriles is 1. The molecule has 4 nitrogen and oxygen atoms in total. The highest BCUT2D eigenvalue weighted by Gasteiger charge is 2.10. The van der Waals surface area contributed by atoms with Gasteiger partial charge in [-0.15, -0.1) is 0 Å². The molecule has 0 aliphatic carbocycles. The van der Waals surface area contributed by atoms with Crippen LogP contribution < -0.4 is 15.2 Å². The van der Waals surface area contributed by atoms with E-state index in [1.807, 2.05) is 19.1 Å². The summed E-state index contributed by atoms with van der Waals surface area (Å²) in [6, 6.07) is 7.54. The van der Waals surface area contributed by atoms with Crippen molar-refractivity contribution in [3.05, 3.63) is 23.8 Å². The number of nitrogens with two attached hydrogens (primary N) is 1. The molecule has 0 fully saturated rings. The minimum Gasteiger partial charge on any atom is -0.493 e. The zero-order valence-corrected chi connectivity index (χ0v) is 9.56. The Hall–Kier alpha value is -1.73. The van der Waals surface area contributed by atoms with Gasteiger partial charge in [0.25, 0.3) is 0 Å². The van der Waals surface area contributed by atoms with E-state index < -0.39 is 6.10 Å². The molecule has 0 aromatic heterocycles. The summed E-state index contributed by atoms with van der Waals surface area (Å²) in [6.45, 7) is 2.35. The van der Waals surface area contributed by atoms with Crippen LogP contribution in [0.3, 0.4) is 0 Å². The zero-order valence-electron chi connectivity index (χ0n) is 9.56. The summed E-state index contributed by atoms with van der Waals surface area (Å²) in [4.78, 5) is 0. The van der Waals surface area contributed by atoms with Crippen LogP contribution in [0.5, 0.6) is 11.5 Å². The molecule has 0 aliphatic rings. The monoisotopic (exact) mass is 220 g/mol. The average molecular weight is 220 g/mol. The molecule has 0 spiro atoms. The number of ether oxygens (including phenoxy) is 2. The molecule has 0 bridgehead atoms. The van der Waals surface area contributed by atoms with Crippen LogP contribution >= 0.6 is 0 Å². The summed E-state index contributed by atoms with van der Waals surface area (Å²) >= 11 is 0. The summed E-state index contributed by atoms with van der Waals surface area (Å²) in [7, 11) is 1.57. The van der Waals surface area contributed by atoms with E-state index in [2.05, 4.69) is 6.07 Å². The zero-order chi connectivity index (χ0) is 12.0. The highest BCUT2D eigenvalue weighted by atomic mass is 16.5. The van der Waals surface area contributed by atoms with E-state index in [-0.39, 0.29) is 0 Å². The highest BCUT2D eigenvalue weighted by Crippen LogP contribution is 2.29. The first-order valence-corrected chi connectivity index (χ1v) is 5.18. The molecular formula is C12H16N2O2. The van der Waals surface area contributed by atoms with Gasteiger partial charge in [-0.3, -0.25) is 0 Å². The van der Waals surface area contributed by atoms with E-state index in [1.54, 1.807) is 13.2 Å². The van der Waals surface area contributed by atoms with Crippen LogP contribution in [-0.2, 0) is 6.54 Å². The summed E-state index contributed by atoms with van der Waals surface area (Å²) < 4.78 is 10.7. The Labute approximate surface area is 95.6 Å². The second kappa shape index (κ2) is 5.99. The van der Waals surface area contributed by atoms with Crippen molar-refractivity contribution in [1.82, 2.24) is 0 Å². The van der Waals surface area contributed by atoms with Gasteiger partial charge in [0.15, 0.2) is 17.6 Å². The quantitative estimate of drug-likeness (QED) is 0.822. The maximum atomic E-state index is 8.82. The first kappa shape index (κ1) is 12.3. The first-order chi connectivity index (χ1) is 7.74. The Kier molecular flexibility index (Phi) is 4.62. The number of benzene rings is 1. The number of nitrogens with zero attached hydrogens (tertiary/aromatic N) is 1. The Morgan fingerprint density at radius 2 is 2.19 bits per heavy atom. The van der Waals surface area contributed by atoms with Crippen molar-refractivity contribution in [1.29, 1.82) is 5.26 Å². The van der Waals surface area contributed by atoms with E-state index in [1.165, 1.54) is 0 Å². The Balaban J connectivity index is 2.91.